The first-order chi connectivity index (χ1) is 13.3. The standard InChI is InChI=1S/C20H20N6O/c21-11-14-2-1-3-15(10-14)27-16-12-25(13-16)20-17-4-7-22-8-5-18(17)24-19-6-9-23-26(19)20/h1-3,6,9-10,16,22H,4-5,7-8,12-13H2. The Labute approximate surface area is 157 Å². The molecular formula is C20H20N6O. The number of hydrogen-bond donors (Lipinski definition) is 1. The predicted octanol–water partition coefficient (Wildman–Crippen LogP) is 1.56. The normalized spacial score (nSPS) is 17.1. The number of rotatable bonds is 3. The van der Waals surface area contributed by atoms with E-state index in [1.165, 1.54) is 11.3 Å². The molecule has 0 atom stereocenters. The van der Waals surface area contributed by atoms with Gasteiger partial charge in [0.1, 0.15) is 17.7 Å². The third-order valence-electron chi connectivity index (χ3n) is 5.19. The van der Waals surface area contributed by atoms with Crippen molar-refractivity contribution < 1.29 is 4.74 Å². The van der Waals surface area contributed by atoms with E-state index in [0.717, 1.165) is 56.2 Å². The number of anilines is 1. The van der Waals surface area contributed by atoms with Crippen LogP contribution in [0.4, 0.5) is 5.82 Å². The first kappa shape index (κ1) is 16.1. The molecule has 4 heterocycles. The third-order valence-corrected chi connectivity index (χ3v) is 5.19. The van der Waals surface area contributed by atoms with Gasteiger partial charge in [0.2, 0.25) is 0 Å². The molecule has 2 aromatic heterocycles. The molecule has 1 fully saturated rings. The Morgan fingerprint density at radius 2 is 2.07 bits per heavy atom. The summed E-state index contributed by atoms with van der Waals surface area (Å²) in [5.41, 5.74) is 3.99. The van der Waals surface area contributed by atoms with Crippen LogP contribution in [0.25, 0.3) is 5.65 Å². The van der Waals surface area contributed by atoms with Crippen molar-refractivity contribution in [1.29, 1.82) is 5.26 Å². The summed E-state index contributed by atoms with van der Waals surface area (Å²) >= 11 is 0. The lowest BCUT2D eigenvalue weighted by molar-refractivity contribution is 0.166. The molecule has 0 radical (unpaired) electrons. The lowest BCUT2D eigenvalue weighted by atomic mass is 10.1. The summed E-state index contributed by atoms with van der Waals surface area (Å²) in [6.45, 7) is 3.53. The zero-order valence-electron chi connectivity index (χ0n) is 14.9. The van der Waals surface area contributed by atoms with Crippen molar-refractivity contribution in [3.05, 3.63) is 53.3 Å². The molecule has 1 saturated heterocycles. The first-order valence-corrected chi connectivity index (χ1v) is 9.30. The lowest BCUT2D eigenvalue weighted by Gasteiger charge is -2.41. The predicted molar refractivity (Wildman–Crippen MR) is 101 cm³/mol. The molecule has 0 bridgehead atoms. The molecule has 2 aliphatic rings. The molecule has 136 valence electrons. The Morgan fingerprint density at radius 1 is 1.19 bits per heavy atom. The van der Waals surface area contributed by atoms with Crippen LogP contribution in [0.2, 0.25) is 0 Å². The minimum Gasteiger partial charge on any atom is -0.487 e. The zero-order valence-corrected chi connectivity index (χ0v) is 14.9. The van der Waals surface area contributed by atoms with E-state index in [-0.39, 0.29) is 6.10 Å². The molecule has 1 N–H and O–H groups in total. The maximum absolute atomic E-state index is 9.04. The van der Waals surface area contributed by atoms with E-state index in [2.05, 4.69) is 21.4 Å². The van der Waals surface area contributed by atoms with Gasteiger partial charge in [-0.1, -0.05) is 6.07 Å². The highest BCUT2D eigenvalue weighted by atomic mass is 16.5. The van der Waals surface area contributed by atoms with Gasteiger partial charge in [0.15, 0.2) is 5.65 Å². The van der Waals surface area contributed by atoms with Crippen LogP contribution in [-0.4, -0.2) is 46.9 Å². The minimum atomic E-state index is 0.109. The Balaban J connectivity index is 1.40. The number of aromatic nitrogens is 3. The Hall–Kier alpha value is -3.11. The average molecular weight is 360 g/mol. The topological polar surface area (TPSA) is 78.5 Å². The molecule has 0 aliphatic carbocycles. The molecule has 0 saturated carbocycles. The smallest absolute Gasteiger partial charge is 0.157 e. The Bertz CT molecular complexity index is 1030. The maximum atomic E-state index is 9.04. The summed E-state index contributed by atoms with van der Waals surface area (Å²) in [7, 11) is 0. The highest BCUT2D eigenvalue weighted by Crippen LogP contribution is 2.30. The molecule has 7 heteroatoms. The molecule has 0 unspecified atom stereocenters. The van der Waals surface area contributed by atoms with E-state index in [9.17, 15) is 0 Å². The van der Waals surface area contributed by atoms with Crippen LogP contribution in [-0.2, 0) is 12.8 Å². The second-order valence-corrected chi connectivity index (χ2v) is 7.00. The van der Waals surface area contributed by atoms with Gasteiger partial charge in [0.25, 0.3) is 0 Å². The van der Waals surface area contributed by atoms with E-state index >= 15 is 0 Å². The fraction of sp³-hybridized carbons (Fsp3) is 0.350. The van der Waals surface area contributed by atoms with Crippen LogP contribution in [0.15, 0.2) is 36.5 Å². The molecule has 0 amide bonds. The van der Waals surface area contributed by atoms with Crippen molar-refractivity contribution in [3.8, 4) is 11.8 Å². The van der Waals surface area contributed by atoms with Gasteiger partial charge in [-0.25, -0.2) is 4.98 Å². The van der Waals surface area contributed by atoms with Crippen molar-refractivity contribution in [1.82, 2.24) is 19.9 Å². The SMILES string of the molecule is N#Cc1cccc(OC2CN(c3c4c(nc5ccnn35)CCNCC4)C2)c1. The summed E-state index contributed by atoms with van der Waals surface area (Å²) in [5, 5.41) is 17.0. The molecule has 3 aromatic rings. The van der Waals surface area contributed by atoms with Crippen LogP contribution < -0.4 is 15.0 Å². The van der Waals surface area contributed by atoms with Crippen molar-refractivity contribution >= 4 is 11.5 Å². The first-order valence-electron chi connectivity index (χ1n) is 9.30. The van der Waals surface area contributed by atoms with Crippen LogP contribution in [0, 0.1) is 11.3 Å². The van der Waals surface area contributed by atoms with Crippen molar-refractivity contribution in [2.45, 2.75) is 18.9 Å². The van der Waals surface area contributed by atoms with Crippen LogP contribution in [0.3, 0.4) is 0 Å². The van der Waals surface area contributed by atoms with Crippen molar-refractivity contribution in [3.63, 3.8) is 0 Å². The van der Waals surface area contributed by atoms with Gasteiger partial charge in [-0.05, 0) is 31.2 Å². The number of fused-ring (bicyclic) bond motifs is 2. The quantitative estimate of drug-likeness (QED) is 0.764. The lowest BCUT2D eigenvalue weighted by Crippen LogP contribution is -2.55. The summed E-state index contributed by atoms with van der Waals surface area (Å²) in [6, 6.07) is 11.4. The monoisotopic (exact) mass is 360 g/mol. The van der Waals surface area contributed by atoms with E-state index in [4.69, 9.17) is 15.0 Å². The fourth-order valence-electron chi connectivity index (χ4n) is 3.86. The Kier molecular flexibility index (Phi) is 3.91. The number of benzene rings is 1. The molecule has 1 aromatic carbocycles. The highest BCUT2D eigenvalue weighted by molar-refractivity contribution is 5.59. The van der Waals surface area contributed by atoms with Gasteiger partial charge < -0.3 is 15.0 Å². The van der Waals surface area contributed by atoms with Gasteiger partial charge >= 0.3 is 0 Å². The van der Waals surface area contributed by atoms with Crippen LogP contribution in [0.1, 0.15) is 16.8 Å². The molecule has 5 rings (SSSR count). The van der Waals surface area contributed by atoms with E-state index in [1.807, 2.05) is 28.9 Å². The summed E-state index contributed by atoms with van der Waals surface area (Å²) in [4.78, 5) is 7.14. The number of ether oxygens (including phenoxy) is 1. The van der Waals surface area contributed by atoms with Crippen LogP contribution in [0.5, 0.6) is 5.75 Å². The minimum absolute atomic E-state index is 0.109. The number of hydrogen-bond acceptors (Lipinski definition) is 6. The van der Waals surface area contributed by atoms with Crippen LogP contribution >= 0.6 is 0 Å². The Morgan fingerprint density at radius 3 is 2.96 bits per heavy atom. The van der Waals surface area contributed by atoms with Gasteiger partial charge in [0.05, 0.1) is 36.6 Å². The second-order valence-electron chi connectivity index (χ2n) is 7.00. The summed E-state index contributed by atoms with van der Waals surface area (Å²) in [6.07, 6.45) is 3.82. The zero-order chi connectivity index (χ0) is 18.2. The summed E-state index contributed by atoms with van der Waals surface area (Å²) < 4.78 is 8.01. The largest absolute Gasteiger partial charge is 0.487 e. The molecule has 2 aliphatic heterocycles. The molecule has 0 spiro atoms. The van der Waals surface area contributed by atoms with Gasteiger partial charge in [-0.15, -0.1) is 0 Å². The average Bonchev–Trinajstić information content (AvgIpc) is 3.00. The van der Waals surface area contributed by atoms with Gasteiger partial charge in [-0.3, -0.25) is 0 Å². The second kappa shape index (κ2) is 6.56. The van der Waals surface area contributed by atoms with Gasteiger partial charge in [0, 0.05) is 24.6 Å². The van der Waals surface area contributed by atoms with Gasteiger partial charge in [-0.2, -0.15) is 14.9 Å². The summed E-state index contributed by atoms with van der Waals surface area (Å²) in [5.74, 6) is 1.90. The number of nitriles is 1. The van der Waals surface area contributed by atoms with E-state index < -0.39 is 0 Å². The molecule has 7 nitrogen and oxygen atoms in total. The number of nitrogens with one attached hydrogen (secondary N) is 1. The molecule has 27 heavy (non-hydrogen) atoms. The van der Waals surface area contributed by atoms with E-state index in [1.54, 1.807) is 12.1 Å². The third kappa shape index (κ3) is 2.88. The highest BCUT2D eigenvalue weighted by Gasteiger charge is 2.33. The fourth-order valence-corrected chi connectivity index (χ4v) is 3.86. The maximum Gasteiger partial charge on any atom is 0.157 e. The molecular weight excluding hydrogens is 340 g/mol. The van der Waals surface area contributed by atoms with Crippen molar-refractivity contribution in [2.75, 3.05) is 31.1 Å². The number of nitrogens with zero attached hydrogens (tertiary/aromatic N) is 5. The van der Waals surface area contributed by atoms with Crippen molar-refractivity contribution in [2.24, 2.45) is 0 Å². The van der Waals surface area contributed by atoms with E-state index in [0.29, 0.717) is 5.56 Å².